The highest BCUT2D eigenvalue weighted by Gasteiger charge is 2.18. The molecule has 0 amide bonds. The Morgan fingerprint density at radius 3 is 1.94 bits per heavy atom. The van der Waals surface area contributed by atoms with Crippen LogP contribution < -0.4 is 0 Å². The third-order valence-corrected chi connectivity index (χ3v) is 3.45. The van der Waals surface area contributed by atoms with Crippen molar-refractivity contribution in [1.29, 1.82) is 0 Å². The highest BCUT2D eigenvalue weighted by Crippen LogP contribution is 2.21. The van der Waals surface area contributed by atoms with Gasteiger partial charge in [-0.15, -0.1) is 24.0 Å². The molecule has 0 unspecified atom stereocenters. The van der Waals surface area contributed by atoms with E-state index in [1.165, 1.54) is 25.7 Å². The molecular formula is C13H29IN4. The Morgan fingerprint density at radius 1 is 1.00 bits per heavy atom. The largest absolute Gasteiger partial charge is 0.349 e. The van der Waals surface area contributed by atoms with Crippen molar-refractivity contribution in [2.24, 2.45) is 4.99 Å². The minimum Gasteiger partial charge on any atom is -0.349 e. The number of halogens is 1. The first-order valence-corrected chi connectivity index (χ1v) is 6.61. The lowest BCUT2D eigenvalue weighted by Gasteiger charge is -2.25. The molecule has 5 heteroatoms. The average molecular weight is 368 g/mol. The zero-order valence-electron chi connectivity index (χ0n) is 12.5. The first-order chi connectivity index (χ1) is 8.02. The smallest absolute Gasteiger partial charge is 0.195 e. The summed E-state index contributed by atoms with van der Waals surface area (Å²) in [5, 5.41) is 0. The molecule has 0 spiro atoms. The van der Waals surface area contributed by atoms with Crippen molar-refractivity contribution < 1.29 is 0 Å². The van der Waals surface area contributed by atoms with Gasteiger partial charge in [0.15, 0.2) is 5.96 Å². The van der Waals surface area contributed by atoms with Gasteiger partial charge in [0.25, 0.3) is 0 Å². The highest BCUT2D eigenvalue weighted by molar-refractivity contribution is 14.0. The summed E-state index contributed by atoms with van der Waals surface area (Å²) in [7, 11) is 10.4. The fraction of sp³-hybridized carbons (Fsp3) is 0.923. The quantitative estimate of drug-likeness (QED) is 0.430. The first kappa shape index (κ1) is 18.0. The molecule has 0 saturated heterocycles. The molecule has 4 nitrogen and oxygen atoms in total. The summed E-state index contributed by atoms with van der Waals surface area (Å²) in [6, 6.07) is 0.798. The van der Waals surface area contributed by atoms with Gasteiger partial charge in [0.1, 0.15) is 0 Å². The van der Waals surface area contributed by atoms with E-state index in [0.29, 0.717) is 0 Å². The summed E-state index contributed by atoms with van der Waals surface area (Å²) < 4.78 is 0. The molecule has 0 aromatic rings. The van der Waals surface area contributed by atoms with E-state index in [9.17, 15) is 0 Å². The summed E-state index contributed by atoms with van der Waals surface area (Å²) in [6.45, 7) is 1.95. The molecule has 1 aliphatic rings. The van der Waals surface area contributed by atoms with Crippen LogP contribution in [0.1, 0.15) is 25.7 Å². The second kappa shape index (κ2) is 8.96. The molecule has 18 heavy (non-hydrogen) atoms. The van der Waals surface area contributed by atoms with E-state index in [4.69, 9.17) is 0 Å². The molecule has 0 N–H and O–H groups in total. The molecule has 0 atom stereocenters. The Morgan fingerprint density at radius 2 is 1.50 bits per heavy atom. The predicted molar refractivity (Wildman–Crippen MR) is 90.0 cm³/mol. The molecule has 0 aromatic carbocycles. The van der Waals surface area contributed by atoms with Crippen LogP contribution in [0, 0.1) is 0 Å². The van der Waals surface area contributed by atoms with Crippen LogP contribution in [0.5, 0.6) is 0 Å². The maximum atomic E-state index is 4.66. The highest BCUT2D eigenvalue weighted by atomic mass is 127. The van der Waals surface area contributed by atoms with E-state index in [1.807, 2.05) is 28.2 Å². The number of guanidine groups is 1. The van der Waals surface area contributed by atoms with Crippen molar-refractivity contribution in [2.45, 2.75) is 31.7 Å². The van der Waals surface area contributed by atoms with Gasteiger partial charge in [-0.25, -0.2) is 0 Å². The van der Waals surface area contributed by atoms with E-state index in [-0.39, 0.29) is 24.0 Å². The Hall–Kier alpha value is -0.0400. The topological polar surface area (TPSA) is 22.1 Å². The second-order valence-corrected chi connectivity index (χ2v) is 5.39. The van der Waals surface area contributed by atoms with E-state index in [0.717, 1.165) is 25.1 Å². The molecule has 1 rings (SSSR count). The number of rotatable bonds is 4. The number of hydrogen-bond donors (Lipinski definition) is 0. The van der Waals surface area contributed by atoms with Gasteiger partial charge in [-0.3, -0.25) is 4.99 Å². The van der Waals surface area contributed by atoms with Crippen LogP contribution in [0.4, 0.5) is 0 Å². The molecule has 0 heterocycles. The third-order valence-electron chi connectivity index (χ3n) is 3.45. The molecule has 0 aliphatic heterocycles. The summed E-state index contributed by atoms with van der Waals surface area (Å²) in [6.07, 6.45) is 5.54. The number of nitrogens with zero attached hydrogens (tertiary/aromatic N) is 4. The molecular weight excluding hydrogens is 339 g/mol. The molecule has 1 saturated carbocycles. The Labute approximate surface area is 129 Å². The molecule has 0 aromatic heterocycles. The van der Waals surface area contributed by atoms with Crippen LogP contribution in [-0.2, 0) is 0 Å². The average Bonchev–Trinajstić information content (AvgIpc) is 2.76. The van der Waals surface area contributed by atoms with Gasteiger partial charge in [0, 0.05) is 40.8 Å². The zero-order chi connectivity index (χ0) is 12.8. The second-order valence-electron chi connectivity index (χ2n) is 5.39. The summed E-state index contributed by atoms with van der Waals surface area (Å²) in [4.78, 5) is 11.3. The predicted octanol–water partition coefficient (Wildman–Crippen LogP) is 1.96. The number of aliphatic imine (C=N–C) groups is 1. The molecule has 1 fully saturated rings. The number of likely N-dealkylation sites (N-methyl/N-ethyl adjacent to an activating group) is 1. The van der Waals surface area contributed by atoms with Crippen LogP contribution in [-0.4, -0.2) is 75.0 Å². The molecule has 0 bridgehead atoms. The maximum Gasteiger partial charge on any atom is 0.195 e. The van der Waals surface area contributed by atoms with Crippen LogP contribution in [0.15, 0.2) is 4.99 Å². The Balaban J connectivity index is 0.00000289. The SMILES string of the molecule is CN(C)C(=NCCN(C)C1CCCC1)N(C)C.I. The standard InChI is InChI=1S/C13H28N4.HI/c1-15(2)13(16(3)4)14-10-11-17(5)12-8-6-7-9-12;/h12H,6-11H2,1-5H3;1H. The lowest BCUT2D eigenvalue weighted by Crippen LogP contribution is -2.37. The summed E-state index contributed by atoms with van der Waals surface area (Å²) in [5.74, 6) is 1.05. The van der Waals surface area contributed by atoms with Crippen LogP contribution in [0.25, 0.3) is 0 Å². The van der Waals surface area contributed by atoms with Crippen molar-refractivity contribution in [3.05, 3.63) is 0 Å². The molecule has 0 radical (unpaired) electrons. The lowest BCUT2D eigenvalue weighted by atomic mass is 10.2. The van der Waals surface area contributed by atoms with E-state index >= 15 is 0 Å². The van der Waals surface area contributed by atoms with Crippen LogP contribution >= 0.6 is 24.0 Å². The van der Waals surface area contributed by atoms with Crippen molar-refractivity contribution in [3.8, 4) is 0 Å². The zero-order valence-corrected chi connectivity index (χ0v) is 14.8. The summed E-state index contributed by atoms with van der Waals surface area (Å²) >= 11 is 0. The van der Waals surface area contributed by atoms with E-state index in [1.54, 1.807) is 0 Å². The lowest BCUT2D eigenvalue weighted by molar-refractivity contribution is 0.252. The summed E-state index contributed by atoms with van der Waals surface area (Å²) in [5.41, 5.74) is 0. The van der Waals surface area contributed by atoms with Crippen molar-refractivity contribution in [1.82, 2.24) is 14.7 Å². The van der Waals surface area contributed by atoms with Gasteiger partial charge in [0.05, 0.1) is 6.54 Å². The first-order valence-electron chi connectivity index (χ1n) is 6.61. The molecule has 1 aliphatic carbocycles. The van der Waals surface area contributed by atoms with Gasteiger partial charge in [-0.05, 0) is 19.9 Å². The minimum atomic E-state index is 0. The number of hydrogen-bond acceptors (Lipinski definition) is 2. The van der Waals surface area contributed by atoms with Crippen molar-refractivity contribution in [2.75, 3.05) is 48.3 Å². The maximum absolute atomic E-state index is 4.66. The fourth-order valence-electron chi connectivity index (χ4n) is 2.52. The fourth-order valence-corrected chi connectivity index (χ4v) is 2.52. The Bertz CT molecular complexity index is 237. The van der Waals surface area contributed by atoms with E-state index < -0.39 is 0 Å². The van der Waals surface area contributed by atoms with Crippen LogP contribution in [0.2, 0.25) is 0 Å². The third kappa shape index (κ3) is 5.73. The van der Waals surface area contributed by atoms with Gasteiger partial charge in [-0.1, -0.05) is 12.8 Å². The van der Waals surface area contributed by atoms with Gasteiger partial charge >= 0.3 is 0 Å². The van der Waals surface area contributed by atoms with E-state index in [2.05, 4.69) is 26.7 Å². The van der Waals surface area contributed by atoms with Gasteiger partial charge < -0.3 is 14.7 Å². The molecule has 108 valence electrons. The Kier molecular flexibility index (Phi) is 8.94. The normalized spacial score (nSPS) is 15.4. The van der Waals surface area contributed by atoms with Crippen LogP contribution in [0.3, 0.4) is 0 Å². The van der Waals surface area contributed by atoms with Crippen molar-refractivity contribution in [3.63, 3.8) is 0 Å². The van der Waals surface area contributed by atoms with Gasteiger partial charge in [-0.2, -0.15) is 0 Å². The van der Waals surface area contributed by atoms with Gasteiger partial charge in [0.2, 0.25) is 0 Å². The monoisotopic (exact) mass is 368 g/mol. The van der Waals surface area contributed by atoms with Crippen molar-refractivity contribution >= 4 is 29.9 Å². The minimum absolute atomic E-state index is 0.